The number of hydrogen-bond acceptors (Lipinski definition) is 5. The molecule has 0 aliphatic rings. The van der Waals surface area contributed by atoms with Crippen molar-refractivity contribution < 1.29 is 14.8 Å². The summed E-state index contributed by atoms with van der Waals surface area (Å²) in [7, 11) is 0. The monoisotopic (exact) mass is 293 g/mol. The highest BCUT2D eigenvalue weighted by Crippen LogP contribution is 2.26. The summed E-state index contributed by atoms with van der Waals surface area (Å²) in [6, 6.07) is 8.62. The molecule has 1 aromatic heterocycles. The van der Waals surface area contributed by atoms with E-state index in [0.717, 1.165) is 12.1 Å². The molecule has 0 bridgehead atoms. The molecule has 0 radical (unpaired) electrons. The van der Waals surface area contributed by atoms with Gasteiger partial charge < -0.3 is 10.4 Å². The molecule has 0 aliphatic heterocycles. The molecule has 1 aromatic carbocycles. The second-order valence-electron chi connectivity index (χ2n) is 3.76. The van der Waals surface area contributed by atoms with Crippen LogP contribution in [0.3, 0.4) is 0 Å². The number of anilines is 2. The lowest BCUT2D eigenvalue weighted by Crippen LogP contribution is -2.05. The van der Waals surface area contributed by atoms with E-state index in [1.54, 1.807) is 24.3 Å². The summed E-state index contributed by atoms with van der Waals surface area (Å²) in [5, 5.41) is 22.9. The summed E-state index contributed by atoms with van der Waals surface area (Å²) in [4.78, 5) is 24.8. The summed E-state index contributed by atoms with van der Waals surface area (Å²) < 4.78 is 0. The minimum atomic E-state index is -1.27. The number of aromatic nitrogens is 1. The number of nitrogens with one attached hydrogen (secondary N) is 1. The summed E-state index contributed by atoms with van der Waals surface area (Å²) in [5.74, 6) is -1.42. The molecule has 8 heteroatoms. The number of pyridine rings is 1. The summed E-state index contributed by atoms with van der Waals surface area (Å²) in [5.41, 5.74) is -0.147. The molecule has 0 aliphatic carbocycles. The van der Waals surface area contributed by atoms with Crippen LogP contribution in [-0.4, -0.2) is 21.0 Å². The van der Waals surface area contributed by atoms with Crippen LogP contribution in [0.2, 0.25) is 5.02 Å². The number of nitro groups is 1. The molecule has 0 atom stereocenters. The van der Waals surface area contributed by atoms with Crippen molar-refractivity contribution in [1.29, 1.82) is 0 Å². The SMILES string of the molecule is O=C(O)c1ccc([N+](=O)[O-])c(Nc2cccc(Cl)c2)n1. The highest BCUT2D eigenvalue weighted by atomic mass is 35.5. The molecule has 7 nitrogen and oxygen atoms in total. The number of carboxylic acids is 1. The van der Waals surface area contributed by atoms with Gasteiger partial charge in [-0.05, 0) is 24.3 Å². The van der Waals surface area contributed by atoms with E-state index in [2.05, 4.69) is 10.3 Å². The quantitative estimate of drug-likeness (QED) is 0.663. The van der Waals surface area contributed by atoms with Crippen LogP contribution in [-0.2, 0) is 0 Å². The smallest absolute Gasteiger partial charge is 0.354 e. The molecule has 0 saturated carbocycles. The van der Waals surface area contributed by atoms with Crippen molar-refractivity contribution in [2.45, 2.75) is 0 Å². The molecule has 2 rings (SSSR count). The Hall–Kier alpha value is -2.67. The predicted molar refractivity (Wildman–Crippen MR) is 72.6 cm³/mol. The van der Waals surface area contributed by atoms with Gasteiger partial charge in [-0.15, -0.1) is 0 Å². The first-order valence-electron chi connectivity index (χ1n) is 5.38. The maximum absolute atomic E-state index is 10.9. The van der Waals surface area contributed by atoms with Crippen LogP contribution in [0.5, 0.6) is 0 Å². The van der Waals surface area contributed by atoms with Gasteiger partial charge in [0.1, 0.15) is 0 Å². The molecular formula is C12H8ClN3O4. The molecule has 0 saturated heterocycles. The minimum Gasteiger partial charge on any atom is -0.477 e. The van der Waals surface area contributed by atoms with E-state index < -0.39 is 10.9 Å². The molecule has 2 aromatic rings. The van der Waals surface area contributed by atoms with Crippen molar-refractivity contribution in [1.82, 2.24) is 4.98 Å². The van der Waals surface area contributed by atoms with E-state index >= 15 is 0 Å². The molecule has 0 fully saturated rings. The Labute approximate surface area is 118 Å². The summed E-state index contributed by atoms with van der Waals surface area (Å²) >= 11 is 5.81. The van der Waals surface area contributed by atoms with Crippen molar-refractivity contribution in [3.8, 4) is 0 Å². The molecule has 0 amide bonds. The van der Waals surface area contributed by atoms with Gasteiger partial charge in [-0.2, -0.15) is 0 Å². The van der Waals surface area contributed by atoms with Crippen LogP contribution in [0.1, 0.15) is 10.5 Å². The number of benzene rings is 1. The zero-order chi connectivity index (χ0) is 14.7. The summed E-state index contributed by atoms with van der Waals surface area (Å²) in [6.45, 7) is 0. The molecule has 0 unspecified atom stereocenters. The van der Waals surface area contributed by atoms with Gasteiger partial charge in [-0.1, -0.05) is 17.7 Å². The van der Waals surface area contributed by atoms with Crippen molar-refractivity contribution >= 4 is 34.8 Å². The van der Waals surface area contributed by atoms with Crippen molar-refractivity contribution in [2.24, 2.45) is 0 Å². The molecule has 20 heavy (non-hydrogen) atoms. The summed E-state index contributed by atoms with van der Waals surface area (Å²) in [6.07, 6.45) is 0. The normalized spacial score (nSPS) is 10.1. The van der Waals surface area contributed by atoms with E-state index in [1.807, 2.05) is 0 Å². The molecule has 2 N–H and O–H groups in total. The van der Waals surface area contributed by atoms with Gasteiger partial charge in [0.25, 0.3) is 0 Å². The number of carboxylic acid groups (broad SMARTS) is 1. The molecular weight excluding hydrogens is 286 g/mol. The highest BCUT2D eigenvalue weighted by molar-refractivity contribution is 6.30. The molecule has 1 heterocycles. The van der Waals surface area contributed by atoms with Crippen LogP contribution >= 0.6 is 11.6 Å². The van der Waals surface area contributed by atoms with Crippen molar-refractivity contribution in [3.05, 3.63) is 57.2 Å². The van der Waals surface area contributed by atoms with Gasteiger partial charge >= 0.3 is 11.7 Å². The van der Waals surface area contributed by atoms with Gasteiger partial charge in [0.05, 0.1) is 4.92 Å². The third-order valence-corrected chi connectivity index (χ3v) is 2.61. The zero-order valence-electron chi connectivity index (χ0n) is 9.91. The number of aromatic carboxylic acids is 1. The van der Waals surface area contributed by atoms with Gasteiger partial charge in [-0.3, -0.25) is 10.1 Å². The maximum atomic E-state index is 10.9. The fourth-order valence-electron chi connectivity index (χ4n) is 1.51. The van der Waals surface area contributed by atoms with Gasteiger partial charge in [0.15, 0.2) is 5.69 Å². The Bertz CT molecular complexity index is 690. The van der Waals surface area contributed by atoms with Crippen LogP contribution in [0.25, 0.3) is 0 Å². The molecule has 102 valence electrons. The first kappa shape index (κ1) is 13.8. The Kier molecular flexibility index (Phi) is 3.81. The first-order chi connectivity index (χ1) is 9.47. The Balaban J connectivity index is 2.44. The molecule has 0 spiro atoms. The number of carbonyl (C=O) groups is 1. The average molecular weight is 294 g/mol. The average Bonchev–Trinajstić information content (AvgIpc) is 2.38. The number of rotatable bonds is 4. The van der Waals surface area contributed by atoms with Crippen LogP contribution in [0.4, 0.5) is 17.2 Å². The Morgan fingerprint density at radius 3 is 2.70 bits per heavy atom. The van der Waals surface area contributed by atoms with Crippen LogP contribution in [0, 0.1) is 10.1 Å². The maximum Gasteiger partial charge on any atom is 0.354 e. The van der Waals surface area contributed by atoms with E-state index in [0.29, 0.717) is 10.7 Å². The number of nitrogens with zero attached hydrogens (tertiary/aromatic N) is 2. The Morgan fingerprint density at radius 2 is 2.10 bits per heavy atom. The first-order valence-corrected chi connectivity index (χ1v) is 5.76. The van der Waals surface area contributed by atoms with Gasteiger partial charge in [0, 0.05) is 16.8 Å². The predicted octanol–water partition coefficient (Wildman–Crippen LogP) is 3.09. The lowest BCUT2D eigenvalue weighted by atomic mass is 10.3. The second kappa shape index (κ2) is 5.54. The highest BCUT2D eigenvalue weighted by Gasteiger charge is 2.18. The zero-order valence-corrected chi connectivity index (χ0v) is 10.7. The lowest BCUT2D eigenvalue weighted by molar-refractivity contribution is -0.384. The van der Waals surface area contributed by atoms with E-state index in [1.165, 1.54) is 0 Å². The third kappa shape index (κ3) is 3.01. The van der Waals surface area contributed by atoms with Crippen molar-refractivity contribution in [2.75, 3.05) is 5.32 Å². The van der Waals surface area contributed by atoms with E-state index in [-0.39, 0.29) is 17.2 Å². The van der Waals surface area contributed by atoms with Gasteiger partial charge in [-0.25, -0.2) is 9.78 Å². The fourth-order valence-corrected chi connectivity index (χ4v) is 1.70. The standard InChI is InChI=1S/C12H8ClN3O4/c13-7-2-1-3-8(6-7)14-11-10(16(19)20)5-4-9(15-11)12(17)18/h1-6H,(H,14,15)(H,17,18). The number of hydrogen-bond donors (Lipinski definition) is 2. The largest absolute Gasteiger partial charge is 0.477 e. The second-order valence-corrected chi connectivity index (χ2v) is 4.20. The Morgan fingerprint density at radius 1 is 1.35 bits per heavy atom. The van der Waals surface area contributed by atoms with Crippen molar-refractivity contribution in [3.63, 3.8) is 0 Å². The van der Waals surface area contributed by atoms with Crippen LogP contribution in [0.15, 0.2) is 36.4 Å². The van der Waals surface area contributed by atoms with E-state index in [4.69, 9.17) is 16.7 Å². The number of halogens is 1. The fraction of sp³-hybridized carbons (Fsp3) is 0. The van der Waals surface area contributed by atoms with Gasteiger partial charge in [0.2, 0.25) is 5.82 Å². The minimum absolute atomic E-state index is 0.155. The van der Waals surface area contributed by atoms with E-state index in [9.17, 15) is 14.9 Å². The lowest BCUT2D eigenvalue weighted by Gasteiger charge is -2.07. The topological polar surface area (TPSA) is 105 Å². The third-order valence-electron chi connectivity index (χ3n) is 2.38. The van der Waals surface area contributed by atoms with Crippen LogP contribution < -0.4 is 5.32 Å².